The van der Waals surface area contributed by atoms with Gasteiger partial charge in [0.25, 0.3) is 0 Å². The highest BCUT2D eigenvalue weighted by Crippen LogP contribution is 2.59. The molecule has 0 heterocycles. The molecule has 0 radical (unpaired) electrons. The molecule has 4 rings (SSSR count). The Morgan fingerprint density at radius 1 is 1.08 bits per heavy atom. The van der Waals surface area contributed by atoms with Crippen LogP contribution in [0.25, 0.3) is 0 Å². The van der Waals surface area contributed by atoms with Crippen LogP contribution in [0.5, 0.6) is 0 Å². The molecule has 0 bridgehead atoms. The van der Waals surface area contributed by atoms with Crippen molar-refractivity contribution in [3.63, 3.8) is 0 Å². The molecule has 196 valence electrons. The number of aliphatic hydroxyl groups excluding tert-OH is 2. The molecule has 0 aliphatic heterocycles. The van der Waals surface area contributed by atoms with Crippen LogP contribution in [0.1, 0.15) is 84.1 Å². The Morgan fingerprint density at radius 2 is 1.81 bits per heavy atom. The summed E-state index contributed by atoms with van der Waals surface area (Å²) in [7, 11) is 0. The second kappa shape index (κ2) is 10.8. The van der Waals surface area contributed by atoms with Crippen LogP contribution in [-0.2, 0) is 0 Å². The van der Waals surface area contributed by atoms with Crippen LogP contribution in [0.2, 0.25) is 0 Å². The maximum Gasteiger partial charge on any atom is 0.0811 e. The molecule has 1 aromatic rings. The summed E-state index contributed by atoms with van der Waals surface area (Å²) in [6, 6.07) is 10.3. The predicted octanol–water partition coefficient (Wildman–Crippen LogP) is 6.87. The standard InChI is InChI=1S/C33H46O3/c1-22(13-16-29(32(3,4)36)24-10-7-6-8-11-24)28-17-18-30-25(12-9-19-33(28,30)5)14-15-26-20-27(34)21-31(35)23(26)2/h6-8,10-11,13-16,22,27-31,34-36H,2,9,12,17-21H2,1,3-5H3/b16-13+,25-14+,26-15-/t22-,27-,28-,29-,30+,31+,33-/m1/s1. The molecule has 1 aromatic carbocycles. The first-order chi connectivity index (χ1) is 17.0. The minimum absolute atomic E-state index is 0.0334. The van der Waals surface area contributed by atoms with Gasteiger partial charge in [0.15, 0.2) is 0 Å². The van der Waals surface area contributed by atoms with Crippen LogP contribution in [0, 0.1) is 23.2 Å². The minimum Gasteiger partial charge on any atom is -0.393 e. The van der Waals surface area contributed by atoms with E-state index in [1.807, 2.05) is 32.0 Å². The molecule has 3 fully saturated rings. The Morgan fingerprint density at radius 3 is 2.50 bits per heavy atom. The van der Waals surface area contributed by atoms with E-state index in [4.69, 9.17) is 0 Å². The molecule has 36 heavy (non-hydrogen) atoms. The topological polar surface area (TPSA) is 60.7 Å². The molecule has 3 saturated carbocycles. The molecule has 3 heteroatoms. The average molecular weight is 491 g/mol. The molecule has 3 aliphatic carbocycles. The second-order valence-corrected chi connectivity index (χ2v) is 12.5. The number of benzene rings is 1. The summed E-state index contributed by atoms with van der Waals surface area (Å²) in [5.74, 6) is 1.60. The van der Waals surface area contributed by atoms with Gasteiger partial charge >= 0.3 is 0 Å². The van der Waals surface area contributed by atoms with E-state index < -0.39 is 17.8 Å². The Kier molecular flexibility index (Phi) is 8.14. The zero-order valence-corrected chi connectivity index (χ0v) is 22.7. The van der Waals surface area contributed by atoms with E-state index in [0.717, 1.165) is 23.1 Å². The summed E-state index contributed by atoms with van der Waals surface area (Å²) in [6.45, 7) is 12.7. The van der Waals surface area contributed by atoms with Gasteiger partial charge in [0.2, 0.25) is 0 Å². The lowest BCUT2D eigenvalue weighted by Crippen LogP contribution is -2.35. The van der Waals surface area contributed by atoms with Gasteiger partial charge in [-0.2, -0.15) is 0 Å². The zero-order valence-electron chi connectivity index (χ0n) is 22.7. The van der Waals surface area contributed by atoms with Gasteiger partial charge in [-0.1, -0.05) is 80.6 Å². The number of fused-ring (bicyclic) bond motifs is 1. The largest absolute Gasteiger partial charge is 0.393 e. The van der Waals surface area contributed by atoms with Crippen LogP contribution in [0.3, 0.4) is 0 Å². The fourth-order valence-corrected chi connectivity index (χ4v) is 7.44. The molecule has 0 saturated heterocycles. The van der Waals surface area contributed by atoms with Crippen molar-refractivity contribution in [2.45, 2.75) is 96.4 Å². The summed E-state index contributed by atoms with van der Waals surface area (Å²) in [5.41, 5.74) is 3.88. The zero-order chi connectivity index (χ0) is 26.1. The van der Waals surface area contributed by atoms with E-state index in [0.29, 0.717) is 30.6 Å². The van der Waals surface area contributed by atoms with E-state index in [2.05, 4.69) is 56.9 Å². The minimum atomic E-state index is -0.821. The van der Waals surface area contributed by atoms with Crippen LogP contribution in [-0.4, -0.2) is 33.1 Å². The lowest BCUT2D eigenvalue weighted by molar-refractivity contribution is 0.0645. The fourth-order valence-electron chi connectivity index (χ4n) is 7.44. The highest BCUT2D eigenvalue weighted by Gasteiger charge is 2.50. The summed E-state index contributed by atoms with van der Waals surface area (Å²) < 4.78 is 0. The Bertz CT molecular complexity index is 1010. The maximum absolute atomic E-state index is 10.9. The third-order valence-electron chi connectivity index (χ3n) is 9.46. The predicted molar refractivity (Wildman–Crippen MR) is 149 cm³/mol. The normalized spacial score (nSPS) is 35.4. The summed E-state index contributed by atoms with van der Waals surface area (Å²) in [6.07, 6.45) is 14.9. The third-order valence-corrected chi connectivity index (χ3v) is 9.46. The number of hydrogen-bond donors (Lipinski definition) is 3. The van der Waals surface area contributed by atoms with Crippen molar-refractivity contribution in [3.05, 3.63) is 83.5 Å². The quantitative estimate of drug-likeness (QED) is 0.381. The fraction of sp³-hybridized carbons (Fsp3) is 0.576. The van der Waals surface area contributed by atoms with Crippen LogP contribution >= 0.6 is 0 Å². The van der Waals surface area contributed by atoms with E-state index in [-0.39, 0.29) is 11.3 Å². The van der Waals surface area contributed by atoms with Crippen molar-refractivity contribution in [1.82, 2.24) is 0 Å². The van der Waals surface area contributed by atoms with Crippen molar-refractivity contribution in [2.24, 2.45) is 23.2 Å². The van der Waals surface area contributed by atoms with Crippen LogP contribution < -0.4 is 0 Å². The molecule has 3 nitrogen and oxygen atoms in total. The Balaban J connectivity index is 1.52. The molecular formula is C33H46O3. The third kappa shape index (κ3) is 5.64. The van der Waals surface area contributed by atoms with Crippen molar-refractivity contribution >= 4 is 0 Å². The monoisotopic (exact) mass is 490 g/mol. The van der Waals surface area contributed by atoms with Gasteiger partial charge in [0.1, 0.15) is 0 Å². The smallest absolute Gasteiger partial charge is 0.0811 e. The summed E-state index contributed by atoms with van der Waals surface area (Å²) in [5, 5.41) is 31.2. The van der Waals surface area contributed by atoms with E-state index in [9.17, 15) is 15.3 Å². The molecule has 0 aromatic heterocycles. The first kappa shape index (κ1) is 27.1. The molecule has 7 atom stereocenters. The van der Waals surface area contributed by atoms with Gasteiger partial charge in [-0.05, 0) is 92.3 Å². The lowest BCUT2D eigenvalue weighted by atomic mass is 9.61. The highest BCUT2D eigenvalue weighted by atomic mass is 16.3. The molecule has 3 aliphatic rings. The number of rotatable bonds is 6. The van der Waals surface area contributed by atoms with Crippen molar-refractivity contribution in [1.29, 1.82) is 0 Å². The Labute approximate surface area is 218 Å². The van der Waals surface area contributed by atoms with Gasteiger partial charge in [-0.25, -0.2) is 0 Å². The van der Waals surface area contributed by atoms with Gasteiger partial charge in [0, 0.05) is 12.3 Å². The number of allylic oxidation sites excluding steroid dienone is 4. The first-order valence-electron chi connectivity index (χ1n) is 13.9. The summed E-state index contributed by atoms with van der Waals surface area (Å²) >= 11 is 0. The van der Waals surface area contributed by atoms with Crippen molar-refractivity contribution in [3.8, 4) is 0 Å². The molecule has 0 amide bonds. The summed E-state index contributed by atoms with van der Waals surface area (Å²) in [4.78, 5) is 0. The number of aliphatic hydroxyl groups is 3. The van der Waals surface area contributed by atoms with Crippen LogP contribution in [0.15, 0.2) is 77.9 Å². The van der Waals surface area contributed by atoms with Gasteiger partial charge in [-0.3, -0.25) is 0 Å². The van der Waals surface area contributed by atoms with Crippen molar-refractivity contribution in [2.75, 3.05) is 0 Å². The van der Waals surface area contributed by atoms with Crippen molar-refractivity contribution < 1.29 is 15.3 Å². The molecular weight excluding hydrogens is 444 g/mol. The average Bonchev–Trinajstić information content (AvgIpc) is 3.18. The Hall–Kier alpha value is -1.94. The lowest BCUT2D eigenvalue weighted by Gasteiger charge is -2.44. The first-order valence-corrected chi connectivity index (χ1v) is 13.9. The second-order valence-electron chi connectivity index (χ2n) is 12.5. The van der Waals surface area contributed by atoms with E-state index in [1.165, 1.54) is 31.3 Å². The molecule has 0 unspecified atom stereocenters. The highest BCUT2D eigenvalue weighted by molar-refractivity contribution is 5.39. The van der Waals surface area contributed by atoms with Gasteiger partial charge < -0.3 is 15.3 Å². The van der Waals surface area contributed by atoms with Gasteiger partial charge in [0.05, 0.1) is 17.8 Å². The number of hydrogen-bond acceptors (Lipinski definition) is 3. The van der Waals surface area contributed by atoms with E-state index in [1.54, 1.807) is 0 Å². The maximum atomic E-state index is 10.9. The molecule has 0 spiro atoms. The molecule has 3 N–H and O–H groups in total. The van der Waals surface area contributed by atoms with Crippen LogP contribution in [0.4, 0.5) is 0 Å². The van der Waals surface area contributed by atoms with Gasteiger partial charge in [-0.15, -0.1) is 0 Å². The SMILES string of the molecule is C=C1/C(=C\C=C2/CCC[C@]3(C)[C@@H]([C@H](C)/C=C/[C@H](c4ccccc4)C(C)(C)O)CC[C@@H]23)C[C@@H](O)C[C@@H]1O. The van der Waals surface area contributed by atoms with E-state index >= 15 is 0 Å².